The van der Waals surface area contributed by atoms with Crippen LogP contribution in [0.5, 0.6) is 11.5 Å². The van der Waals surface area contributed by atoms with Gasteiger partial charge >= 0.3 is 0 Å². The van der Waals surface area contributed by atoms with Crippen LogP contribution in [0.1, 0.15) is 22.3 Å². The number of benzene rings is 2. The molecule has 0 saturated heterocycles. The fraction of sp³-hybridized carbons (Fsp3) is 0.235. The van der Waals surface area contributed by atoms with Gasteiger partial charge in [0.25, 0.3) is 0 Å². The summed E-state index contributed by atoms with van der Waals surface area (Å²) < 4.78 is 5.11. The third kappa shape index (κ3) is 3.34. The second-order valence-corrected chi connectivity index (χ2v) is 4.95. The summed E-state index contributed by atoms with van der Waals surface area (Å²) in [6, 6.07) is 11.4. The van der Waals surface area contributed by atoms with Crippen molar-refractivity contribution in [2.75, 3.05) is 7.11 Å². The van der Waals surface area contributed by atoms with Crippen LogP contribution in [0.4, 0.5) is 0 Å². The van der Waals surface area contributed by atoms with Crippen molar-refractivity contribution in [1.82, 2.24) is 0 Å². The van der Waals surface area contributed by atoms with Gasteiger partial charge in [0.15, 0.2) is 0 Å². The summed E-state index contributed by atoms with van der Waals surface area (Å²) in [7, 11) is 1.63. The van der Waals surface area contributed by atoms with Gasteiger partial charge in [-0.1, -0.05) is 18.2 Å². The Bertz CT molecular complexity index is 661. The number of aryl methyl sites for hydroxylation is 1. The summed E-state index contributed by atoms with van der Waals surface area (Å²) in [5.74, 6) is 1.35. The molecule has 0 aliphatic heterocycles. The van der Waals surface area contributed by atoms with Crippen LogP contribution < -0.4 is 10.5 Å². The van der Waals surface area contributed by atoms with Gasteiger partial charge in [-0.05, 0) is 48.7 Å². The lowest BCUT2D eigenvalue weighted by molar-refractivity contribution is 0.414. The van der Waals surface area contributed by atoms with E-state index in [0.29, 0.717) is 17.9 Å². The molecule has 0 saturated carbocycles. The molecule has 0 aliphatic carbocycles. The van der Waals surface area contributed by atoms with Gasteiger partial charge in [0, 0.05) is 0 Å². The predicted molar refractivity (Wildman–Crippen MR) is 85.0 cm³/mol. The van der Waals surface area contributed by atoms with E-state index in [2.05, 4.69) is 4.99 Å². The molecule has 0 unspecified atom stereocenters. The van der Waals surface area contributed by atoms with E-state index in [4.69, 9.17) is 10.5 Å². The van der Waals surface area contributed by atoms with E-state index in [1.165, 1.54) is 0 Å². The number of rotatable bonds is 4. The van der Waals surface area contributed by atoms with Crippen LogP contribution in [0, 0.1) is 13.8 Å². The van der Waals surface area contributed by atoms with E-state index in [1.54, 1.807) is 13.2 Å². The molecule has 0 radical (unpaired) electrons. The van der Waals surface area contributed by atoms with Crippen LogP contribution in [-0.4, -0.2) is 18.1 Å². The van der Waals surface area contributed by atoms with Gasteiger partial charge in [0.05, 0.1) is 19.2 Å². The molecule has 0 atom stereocenters. The van der Waals surface area contributed by atoms with Crippen molar-refractivity contribution >= 4 is 5.84 Å². The lowest BCUT2D eigenvalue weighted by atomic mass is 10.0. The summed E-state index contributed by atoms with van der Waals surface area (Å²) in [6.07, 6.45) is 0. The van der Waals surface area contributed by atoms with Gasteiger partial charge < -0.3 is 15.6 Å². The largest absolute Gasteiger partial charge is 0.507 e. The Kier molecular flexibility index (Phi) is 4.48. The highest BCUT2D eigenvalue weighted by atomic mass is 16.5. The first-order valence-electron chi connectivity index (χ1n) is 6.75. The van der Waals surface area contributed by atoms with Crippen molar-refractivity contribution in [1.29, 1.82) is 0 Å². The molecule has 0 bridgehead atoms. The molecular formula is C17H20N2O2. The second kappa shape index (κ2) is 6.31. The first-order chi connectivity index (χ1) is 10.0. The standard InChI is InChI=1S/C17H20N2O2/c1-11-4-9-15(16(20)12(11)2)17(18)19-10-13-5-7-14(21-3)8-6-13/h4-9,20H,10H2,1-3H3,(H2,18,19). The lowest BCUT2D eigenvalue weighted by Gasteiger charge is -2.09. The highest BCUT2D eigenvalue weighted by Crippen LogP contribution is 2.24. The molecule has 0 aliphatic rings. The van der Waals surface area contributed by atoms with Crippen molar-refractivity contribution < 1.29 is 9.84 Å². The number of hydrogen-bond donors (Lipinski definition) is 2. The molecular weight excluding hydrogens is 264 g/mol. The molecule has 110 valence electrons. The van der Waals surface area contributed by atoms with Gasteiger partial charge in [-0.15, -0.1) is 0 Å². The Morgan fingerprint density at radius 2 is 1.81 bits per heavy atom. The quantitative estimate of drug-likeness (QED) is 0.670. The fourth-order valence-corrected chi connectivity index (χ4v) is 2.00. The molecule has 3 N–H and O–H groups in total. The SMILES string of the molecule is COc1ccc(CN=C(N)c2ccc(C)c(C)c2O)cc1. The van der Waals surface area contributed by atoms with E-state index in [0.717, 1.165) is 22.4 Å². The average molecular weight is 284 g/mol. The maximum absolute atomic E-state index is 10.1. The normalized spacial score (nSPS) is 11.5. The Balaban J connectivity index is 2.19. The smallest absolute Gasteiger partial charge is 0.129 e. The Morgan fingerprint density at radius 1 is 1.14 bits per heavy atom. The number of nitrogens with two attached hydrogens (primary N) is 1. The number of aliphatic imine (C=N–C) groups is 1. The number of phenolic OH excluding ortho intramolecular Hbond substituents is 1. The van der Waals surface area contributed by atoms with Gasteiger partial charge in [-0.25, -0.2) is 0 Å². The predicted octanol–water partition coefficient (Wildman–Crippen LogP) is 2.92. The molecule has 0 fully saturated rings. The molecule has 0 heterocycles. The van der Waals surface area contributed by atoms with Crippen LogP contribution in [0.15, 0.2) is 41.4 Å². The first kappa shape index (κ1) is 14.9. The average Bonchev–Trinajstić information content (AvgIpc) is 2.51. The number of amidine groups is 1. The Morgan fingerprint density at radius 3 is 2.43 bits per heavy atom. The third-order valence-electron chi connectivity index (χ3n) is 3.57. The van der Waals surface area contributed by atoms with Crippen molar-refractivity contribution in [3.63, 3.8) is 0 Å². The van der Waals surface area contributed by atoms with E-state index in [9.17, 15) is 5.11 Å². The van der Waals surface area contributed by atoms with E-state index in [-0.39, 0.29) is 5.75 Å². The summed E-state index contributed by atoms with van der Waals surface area (Å²) in [6.45, 7) is 4.27. The monoisotopic (exact) mass is 284 g/mol. The van der Waals surface area contributed by atoms with Crippen molar-refractivity contribution in [2.24, 2.45) is 10.7 Å². The van der Waals surface area contributed by atoms with E-state index in [1.807, 2.05) is 44.2 Å². The maximum Gasteiger partial charge on any atom is 0.129 e. The van der Waals surface area contributed by atoms with Gasteiger partial charge in [-0.2, -0.15) is 0 Å². The minimum absolute atomic E-state index is 0.200. The third-order valence-corrected chi connectivity index (χ3v) is 3.57. The zero-order valence-corrected chi connectivity index (χ0v) is 12.6. The molecule has 4 nitrogen and oxygen atoms in total. The molecule has 0 amide bonds. The van der Waals surface area contributed by atoms with E-state index >= 15 is 0 Å². The zero-order chi connectivity index (χ0) is 15.4. The summed E-state index contributed by atoms with van der Waals surface area (Å²) in [5, 5.41) is 10.1. The summed E-state index contributed by atoms with van der Waals surface area (Å²) >= 11 is 0. The number of methoxy groups -OCH3 is 1. The van der Waals surface area contributed by atoms with Crippen molar-refractivity contribution in [3.8, 4) is 11.5 Å². The zero-order valence-electron chi connectivity index (χ0n) is 12.6. The minimum Gasteiger partial charge on any atom is -0.507 e. The van der Waals surface area contributed by atoms with Crippen LogP contribution in [0.3, 0.4) is 0 Å². The van der Waals surface area contributed by atoms with Gasteiger partial charge in [0.2, 0.25) is 0 Å². The molecule has 2 rings (SSSR count). The number of ether oxygens (including phenoxy) is 1. The topological polar surface area (TPSA) is 67.8 Å². The Labute approximate surface area is 124 Å². The molecule has 21 heavy (non-hydrogen) atoms. The molecule has 0 aromatic heterocycles. The first-order valence-corrected chi connectivity index (χ1v) is 6.75. The highest BCUT2D eigenvalue weighted by Gasteiger charge is 2.09. The summed E-state index contributed by atoms with van der Waals surface area (Å²) in [5.41, 5.74) is 9.45. The van der Waals surface area contributed by atoms with Crippen LogP contribution in [0.25, 0.3) is 0 Å². The second-order valence-electron chi connectivity index (χ2n) is 4.95. The Hall–Kier alpha value is -2.49. The lowest BCUT2D eigenvalue weighted by Crippen LogP contribution is -2.14. The van der Waals surface area contributed by atoms with Crippen molar-refractivity contribution in [3.05, 3.63) is 58.7 Å². The van der Waals surface area contributed by atoms with Crippen LogP contribution in [-0.2, 0) is 6.54 Å². The fourth-order valence-electron chi connectivity index (χ4n) is 2.00. The number of hydrogen-bond acceptors (Lipinski definition) is 3. The minimum atomic E-state index is 0.200. The highest BCUT2D eigenvalue weighted by molar-refractivity contribution is 6.00. The molecule has 2 aromatic carbocycles. The van der Waals surface area contributed by atoms with E-state index < -0.39 is 0 Å². The maximum atomic E-state index is 10.1. The van der Waals surface area contributed by atoms with Gasteiger partial charge in [0.1, 0.15) is 17.3 Å². The number of aromatic hydroxyl groups is 1. The summed E-state index contributed by atoms with van der Waals surface area (Å²) in [4.78, 5) is 4.35. The molecule has 2 aromatic rings. The number of phenols is 1. The molecule has 4 heteroatoms. The molecule has 0 spiro atoms. The van der Waals surface area contributed by atoms with Crippen LogP contribution >= 0.6 is 0 Å². The van der Waals surface area contributed by atoms with Crippen molar-refractivity contribution in [2.45, 2.75) is 20.4 Å². The van der Waals surface area contributed by atoms with Gasteiger partial charge in [-0.3, -0.25) is 4.99 Å². The van der Waals surface area contributed by atoms with Crippen LogP contribution in [0.2, 0.25) is 0 Å². The number of nitrogens with zero attached hydrogens (tertiary/aromatic N) is 1.